The van der Waals surface area contributed by atoms with E-state index in [1.54, 1.807) is 12.1 Å². The third kappa shape index (κ3) is 6.00. The van der Waals surface area contributed by atoms with Crippen LogP contribution in [-0.2, 0) is 19.1 Å². The largest absolute Gasteiger partial charge is 0.460 e. The van der Waals surface area contributed by atoms with Gasteiger partial charge in [0.05, 0.1) is 25.3 Å². The molecule has 1 heterocycles. The van der Waals surface area contributed by atoms with E-state index in [4.69, 9.17) is 9.47 Å². The zero-order valence-corrected chi connectivity index (χ0v) is 14.9. The SMILES string of the molecule is CCCCNc1ccc(C(=O)OCCOCCN2C(=O)C=CC2=O)cc1. The Morgan fingerprint density at radius 2 is 1.73 bits per heavy atom. The number of ether oxygens (including phenoxy) is 2. The fourth-order valence-corrected chi connectivity index (χ4v) is 2.32. The van der Waals surface area contributed by atoms with E-state index in [2.05, 4.69) is 12.2 Å². The average Bonchev–Trinajstić information content (AvgIpc) is 2.97. The van der Waals surface area contributed by atoms with Gasteiger partial charge in [0.2, 0.25) is 0 Å². The van der Waals surface area contributed by atoms with E-state index < -0.39 is 5.97 Å². The minimum absolute atomic E-state index is 0.107. The highest BCUT2D eigenvalue weighted by Gasteiger charge is 2.22. The average molecular weight is 360 g/mol. The summed E-state index contributed by atoms with van der Waals surface area (Å²) >= 11 is 0. The summed E-state index contributed by atoms with van der Waals surface area (Å²) < 4.78 is 10.4. The van der Waals surface area contributed by atoms with Crippen LogP contribution in [0.15, 0.2) is 36.4 Å². The molecule has 0 radical (unpaired) electrons. The Hall–Kier alpha value is -2.67. The van der Waals surface area contributed by atoms with Crippen LogP contribution in [0.25, 0.3) is 0 Å². The molecular weight excluding hydrogens is 336 g/mol. The maximum atomic E-state index is 11.9. The van der Waals surface area contributed by atoms with Crippen LogP contribution >= 0.6 is 0 Å². The molecule has 0 aromatic heterocycles. The molecule has 0 saturated carbocycles. The highest BCUT2D eigenvalue weighted by Crippen LogP contribution is 2.11. The van der Waals surface area contributed by atoms with Gasteiger partial charge in [0.25, 0.3) is 11.8 Å². The van der Waals surface area contributed by atoms with E-state index in [0.29, 0.717) is 5.56 Å². The molecule has 0 aliphatic carbocycles. The maximum absolute atomic E-state index is 11.9. The number of unbranched alkanes of at least 4 members (excludes halogenated alkanes) is 1. The van der Waals surface area contributed by atoms with Crippen molar-refractivity contribution in [3.8, 4) is 0 Å². The molecule has 0 bridgehead atoms. The zero-order valence-electron chi connectivity index (χ0n) is 14.9. The van der Waals surface area contributed by atoms with Gasteiger partial charge in [-0.2, -0.15) is 0 Å². The quantitative estimate of drug-likeness (QED) is 0.369. The molecule has 7 nitrogen and oxygen atoms in total. The smallest absolute Gasteiger partial charge is 0.338 e. The second-order valence-corrected chi connectivity index (χ2v) is 5.77. The lowest BCUT2D eigenvalue weighted by atomic mass is 10.2. The Kier molecular flexibility index (Phi) is 7.82. The molecule has 7 heteroatoms. The molecule has 0 spiro atoms. The third-order valence-corrected chi connectivity index (χ3v) is 3.80. The normalized spacial score (nSPS) is 13.3. The lowest BCUT2D eigenvalue weighted by molar-refractivity contribution is -0.137. The summed E-state index contributed by atoms with van der Waals surface area (Å²) in [6, 6.07) is 7.13. The molecule has 1 aliphatic heterocycles. The number of amides is 2. The van der Waals surface area contributed by atoms with Gasteiger partial charge in [-0.15, -0.1) is 0 Å². The van der Waals surface area contributed by atoms with Crippen molar-refractivity contribution >= 4 is 23.5 Å². The van der Waals surface area contributed by atoms with Gasteiger partial charge in [-0.05, 0) is 30.7 Å². The van der Waals surface area contributed by atoms with Gasteiger partial charge < -0.3 is 14.8 Å². The summed E-state index contributed by atoms with van der Waals surface area (Å²) in [5.41, 5.74) is 1.45. The summed E-state index contributed by atoms with van der Waals surface area (Å²) in [7, 11) is 0. The van der Waals surface area contributed by atoms with Crippen molar-refractivity contribution in [1.29, 1.82) is 0 Å². The van der Waals surface area contributed by atoms with E-state index in [9.17, 15) is 14.4 Å². The molecular formula is C19H24N2O5. The molecule has 1 aromatic carbocycles. The number of anilines is 1. The van der Waals surface area contributed by atoms with Gasteiger partial charge in [0.15, 0.2) is 0 Å². The third-order valence-electron chi connectivity index (χ3n) is 3.80. The van der Waals surface area contributed by atoms with E-state index in [0.717, 1.165) is 30.0 Å². The number of carbonyl (C=O) groups is 3. The first-order valence-corrected chi connectivity index (χ1v) is 8.74. The zero-order chi connectivity index (χ0) is 18.8. The van der Waals surface area contributed by atoms with Crippen LogP contribution in [0.1, 0.15) is 30.1 Å². The van der Waals surface area contributed by atoms with Crippen LogP contribution in [0.3, 0.4) is 0 Å². The molecule has 0 atom stereocenters. The van der Waals surface area contributed by atoms with Crippen molar-refractivity contribution in [2.24, 2.45) is 0 Å². The van der Waals surface area contributed by atoms with Gasteiger partial charge in [0, 0.05) is 24.4 Å². The Bertz CT molecular complexity index is 636. The summed E-state index contributed by atoms with van der Waals surface area (Å²) in [5.74, 6) is -1.09. The number of rotatable bonds is 11. The number of esters is 1. The highest BCUT2D eigenvalue weighted by atomic mass is 16.6. The van der Waals surface area contributed by atoms with E-state index in [1.165, 1.54) is 12.2 Å². The first-order chi connectivity index (χ1) is 12.6. The fraction of sp³-hybridized carbons (Fsp3) is 0.421. The van der Waals surface area contributed by atoms with E-state index in [-0.39, 0.29) is 38.2 Å². The summed E-state index contributed by atoms with van der Waals surface area (Å²) in [6.07, 6.45) is 4.69. The molecule has 140 valence electrons. The number of hydrogen-bond acceptors (Lipinski definition) is 6. The van der Waals surface area contributed by atoms with Crippen molar-refractivity contribution in [2.45, 2.75) is 19.8 Å². The highest BCUT2D eigenvalue weighted by molar-refractivity contribution is 6.12. The monoisotopic (exact) mass is 360 g/mol. The minimum Gasteiger partial charge on any atom is -0.460 e. The van der Waals surface area contributed by atoms with Gasteiger partial charge in [-0.1, -0.05) is 13.3 Å². The number of carbonyl (C=O) groups excluding carboxylic acids is 3. The number of hydrogen-bond donors (Lipinski definition) is 1. The van der Waals surface area contributed by atoms with Crippen LogP contribution in [-0.4, -0.2) is 55.6 Å². The van der Waals surface area contributed by atoms with Crippen molar-refractivity contribution in [3.63, 3.8) is 0 Å². The molecule has 0 fully saturated rings. The van der Waals surface area contributed by atoms with E-state index in [1.807, 2.05) is 12.1 Å². The summed E-state index contributed by atoms with van der Waals surface area (Å²) in [6.45, 7) is 3.73. The molecule has 0 saturated heterocycles. The predicted molar refractivity (Wildman–Crippen MR) is 96.8 cm³/mol. The number of imide groups is 1. The van der Waals surface area contributed by atoms with Crippen LogP contribution in [0.5, 0.6) is 0 Å². The number of nitrogens with one attached hydrogen (secondary N) is 1. The summed E-state index contributed by atoms with van der Waals surface area (Å²) in [5, 5.41) is 3.28. The predicted octanol–water partition coefficient (Wildman–Crippen LogP) is 2.00. The van der Waals surface area contributed by atoms with Crippen LogP contribution in [0.2, 0.25) is 0 Å². The van der Waals surface area contributed by atoms with Gasteiger partial charge >= 0.3 is 5.97 Å². The van der Waals surface area contributed by atoms with Crippen molar-refractivity contribution in [3.05, 3.63) is 42.0 Å². The Morgan fingerprint density at radius 3 is 2.38 bits per heavy atom. The number of benzene rings is 1. The van der Waals surface area contributed by atoms with Gasteiger partial charge in [0.1, 0.15) is 6.61 Å². The molecule has 26 heavy (non-hydrogen) atoms. The fourth-order valence-electron chi connectivity index (χ4n) is 2.32. The second-order valence-electron chi connectivity index (χ2n) is 5.77. The topological polar surface area (TPSA) is 84.9 Å². The first kappa shape index (κ1) is 19.7. The summed E-state index contributed by atoms with van der Waals surface area (Å²) in [4.78, 5) is 35.7. The first-order valence-electron chi connectivity index (χ1n) is 8.74. The van der Waals surface area contributed by atoms with Gasteiger partial charge in [-0.25, -0.2) is 4.79 Å². The molecule has 2 rings (SSSR count). The minimum atomic E-state index is -0.414. The van der Waals surface area contributed by atoms with Crippen molar-refractivity contribution in [2.75, 3.05) is 38.2 Å². The molecule has 1 N–H and O–H groups in total. The van der Waals surface area contributed by atoms with Crippen LogP contribution in [0, 0.1) is 0 Å². The molecule has 1 aromatic rings. The lowest BCUT2D eigenvalue weighted by Crippen LogP contribution is -2.33. The van der Waals surface area contributed by atoms with Crippen LogP contribution in [0.4, 0.5) is 5.69 Å². The Morgan fingerprint density at radius 1 is 1.04 bits per heavy atom. The molecule has 2 amide bonds. The van der Waals surface area contributed by atoms with E-state index >= 15 is 0 Å². The van der Waals surface area contributed by atoms with Gasteiger partial charge in [-0.3, -0.25) is 14.5 Å². The standard InChI is InChI=1S/C19H24N2O5/c1-2-3-10-20-16-6-4-15(5-7-16)19(24)26-14-13-25-12-11-21-17(22)8-9-18(21)23/h4-9,20H,2-3,10-14H2,1H3. The van der Waals surface area contributed by atoms with Crippen LogP contribution < -0.4 is 5.32 Å². The van der Waals surface area contributed by atoms with Crippen molar-refractivity contribution in [1.82, 2.24) is 4.90 Å². The Labute approximate surface area is 153 Å². The lowest BCUT2D eigenvalue weighted by Gasteiger charge is -2.13. The molecule has 1 aliphatic rings. The maximum Gasteiger partial charge on any atom is 0.338 e. The second kappa shape index (κ2) is 10.4. The van der Waals surface area contributed by atoms with Crippen molar-refractivity contribution < 1.29 is 23.9 Å². The Balaban J connectivity index is 1.59. The molecule has 0 unspecified atom stereocenters. The number of nitrogens with zero attached hydrogens (tertiary/aromatic N) is 1.